The molecule has 7 nitrogen and oxygen atoms in total. The van der Waals surface area contributed by atoms with E-state index in [0.29, 0.717) is 26.2 Å². The molecular formula is C10H22N4O3S. The van der Waals surface area contributed by atoms with Gasteiger partial charge in [0.15, 0.2) is 0 Å². The van der Waals surface area contributed by atoms with Gasteiger partial charge in [-0.15, -0.1) is 0 Å². The van der Waals surface area contributed by atoms with Gasteiger partial charge in [-0.05, 0) is 14.0 Å². The summed E-state index contributed by atoms with van der Waals surface area (Å²) in [6, 6.07) is -0.234. The maximum Gasteiger partial charge on any atom is 0.281 e. The summed E-state index contributed by atoms with van der Waals surface area (Å²) in [6.45, 7) is 3.38. The molecule has 1 unspecified atom stereocenters. The van der Waals surface area contributed by atoms with E-state index in [4.69, 9.17) is 0 Å². The van der Waals surface area contributed by atoms with Crippen LogP contribution in [0.25, 0.3) is 0 Å². The van der Waals surface area contributed by atoms with Crippen LogP contribution in [0.3, 0.4) is 0 Å². The Morgan fingerprint density at radius 3 is 2.11 bits per heavy atom. The lowest BCUT2D eigenvalue weighted by molar-refractivity contribution is -0.134. The van der Waals surface area contributed by atoms with Gasteiger partial charge in [0.2, 0.25) is 5.91 Å². The number of nitrogens with one attached hydrogen (secondary N) is 1. The number of carbonyl (C=O) groups excluding carboxylic acids is 1. The topological polar surface area (TPSA) is 73.0 Å². The summed E-state index contributed by atoms with van der Waals surface area (Å²) in [4.78, 5) is 13.6. The van der Waals surface area contributed by atoms with E-state index in [-0.39, 0.29) is 11.9 Å². The summed E-state index contributed by atoms with van der Waals surface area (Å²) in [5, 5.41) is 2.89. The quantitative estimate of drug-likeness (QED) is 0.682. The highest BCUT2D eigenvalue weighted by atomic mass is 32.2. The fourth-order valence-corrected chi connectivity index (χ4v) is 2.85. The second-order valence-electron chi connectivity index (χ2n) is 4.52. The number of piperazine rings is 1. The van der Waals surface area contributed by atoms with Crippen LogP contribution in [0, 0.1) is 0 Å². The predicted molar refractivity (Wildman–Crippen MR) is 69.3 cm³/mol. The molecule has 8 heteroatoms. The van der Waals surface area contributed by atoms with Crippen molar-refractivity contribution in [3.63, 3.8) is 0 Å². The third-order valence-electron chi connectivity index (χ3n) is 3.14. The molecule has 0 aliphatic carbocycles. The normalized spacial score (nSPS) is 20.2. The molecule has 106 valence electrons. The molecule has 1 aliphatic heterocycles. The Morgan fingerprint density at radius 2 is 1.72 bits per heavy atom. The average Bonchev–Trinajstić information content (AvgIpc) is 2.36. The lowest BCUT2D eigenvalue weighted by atomic mass is 10.2. The summed E-state index contributed by atoms with van der Waals surface area (Å²) in [7, 11) is 1.39. The predicted octanol–water partition coefficient (Wildman–Crippen LogP) is -1.46. The summed E-state index contributed by atoms with van der Waals surface area (Å²) < 4.78 is 26.4. The Balaban J connectivity index is 2.59. The summed E-state index contributed by atoms with van der Waals surface area (Å²) in [5.74, 6) is 0.0133. The van der Waals surface area contributed by atoms with Gasteiger partial charge in [0.25, 0.3) is 10.2 Å². The van der Waals surface area contributed by atoms with E-state index < -0.39 is 10.2 Å². The second-order valence-corrected chi connectivity index (χ2v) is 6.67. The maximum atomic E-state index is 11.9. The molecule has 0 aromatic carbocycles. The van der Waals surface area contributed by atoms with Crippen LogP contribution in [0.2, 0.25) is 0 Å². The van der Waals surface area contributed by atoms with Crippen molar-refractivity contribution in [2.75, 3.05) is 47.3 Å². The molecule has 0 saturated carbocycles. The van der Waals surface area contributed by atoms with Crippen molar-refractivity contribution in [3.05, 3.63) is 0 Å². The monoisotopic (exact) mass is 278 g/mol. The molecule has 0 aromatic rings. The molecule has 0 bridgehead atoms. The molecule has 1 rings (SSSR count). The highest BCUT2D eigenvalue weighted by molar-refractivity contribution is 7.86. The standard InChI is InChI=1S/C10H22N4O3S/c1-9(11-2)10(15)13-5-7-14(8-6-13)18(16,17)12(3)4/h9,11H,5-8H2,1-4H3. The number of hydrogen-bond donors (Lipinski definition) is 1. The molecular weight excluding hydrogens is 256 g/mol. The first-order chi connectivity index (χ1) is 8.30. The van der Waals surface area contributed by atoms with Crippen LogP contribution in [-0.4, -0.2) is 81.2 Å². The van der Waals surface area contributed by atoms with Gasteiger partial charge in [0.05, 0.1) is 6.04 Å². The molecule has 1 N–H and O–H groups in total. The Bertz CT molecular complexity index is 388. The third-order valence-corrected chi connectivity index (χ3v) is 5.08. The smallest absolute Gasteiger partial charge is 0.281 e. The van der Waals surface area contributed by atoms with E-state index in [1.54, 1.807) is 18.9 Å². The van der Waals surface area contributed by atoms with Crippen molar-refractivity contribution in [1.82, 2.24) is 18.8 Å². The molecule has 1 amide bonds. The van der Waals surface area contributed by atoms with Crippen LogP contribution in [0.15, 0.2) is 0 Å². The van der Waals surface area contributed by atoms with Crippen molar-refractivity contribution >= 4 is 16.1 Å². The van der Waals surface area contributed by atoms with Crippen molar-refractivity contribution in [1.29, 1.82) is 0 Å². The van der Waals surface area contributed by atoms with Gasteiger partial charge in [0, 0.05) is 40.3 Å². The molecule has 1 fully saturated rings. The zero-order chi connectivity index (χ0) is 13.9. The highest BCUT2D eigenvalue weighted by Gasteiger charge is 2.31. The summed E-state index contributed by atoms with van der Waals surface area (Å²) in [6.07, 6.45) is 0. The van der Waals surface area contributed by atoms with E-state index >= 15 is 0 Å². The zero-order valence-corrected chi connectivity index (χ0v) is 12.2. The number of carbonyl (C=O) groups is 1. The SMILES string of the molecule is CNC(C)C(=O)N1CCN(S(=O)(=O)N(C)C)CC1. The molecule has 0 spiro atoms. The first-order valence-corrected chi connectivity index (χ1v) is 7.34. The molecule has 0 aromatic heterocycles. The molecule has 0 radical (unpaired) electrons. The van der Waals surface area contributed by atoms with Crippen LogP contribution in [0.1, 0.15) is 6.92 Å². The van der Waals surface area contributed by atoms with Gasteiger partial charge in [-0.25, -0.2) is 0 Å². The number of nitrogens with zero attached hydrogens (tertiary/aromatic N) is 3. The fourth-order valence-electron chi connectivity index (χ4n) is 1.77. The Labute approximate surface area is 109 Å². The number of likely N-dealkylation sites (N-methyl/N-ethyl adjacent to an activating group) is 1. The Kier molecular flexibility index (Phi) is 5.09. The Morgan fingerprint density at radius 1 is 1.22 bits per heavy atom. The van der Waals surface area contributed by atoms with Gasteiger partial charge < -0.3 is 10.2 Å². The van der Waals surface area contributed by atoms with E-state index in [9.17, 15) is 13.2 Å². The van der Waals surface area contributed by atoms with Crippen molar-refractivity contribution in [2.45, 2.75) is 13.0 Å². The average molecular weight is 278 g/mol. The first kappa shape index (κ1) is 15.4. The highest BCUT2D eigenvalue weighted by Crippen LogP contribution is 2.10. The maximum absolute atomic E-state index is 11.9. The number of rotatable bonds is 4. The minimum absolute atomic E-state index is 0.0133. The van der Waals surface area contributed by atoms with Gasteiger partial charge in [-0.3, -0.25) is 4.79 Å². The largest absolute Gasteiger partial charge is 0.339 e. The van der Waals surface area contributed by atoms with Gasteiger partial charge >= 0.3 is 0 Å². The van der Waals surface area contributed by atoms with Crippen LogP contribution in [0.5, 0.6) is 0 Å². The zero-order valence-electron chi connectivity index (χ0n) is 11.4. The van der Waals surface area contributed by atoms with Crippen molar-refractivity contribution in [3.8, 4) is 0 Å². The lowest BCUT2D eigenvalue weighted by Crippen LogP contribution is -2.55. The molecule has 1 saturated heterocycles. The molecule has 1 aliphatic rings. The van der Waals surface area contributed by atoms with Gasteiger partial charge in [-0.1, -0.05) is 0 Å². The van der Waals surface area contributed by atoms with Crippen LogP contribution >= 0.6 is 0 Å². The lowest BCUT2D eigenvalue weighted by Gasteiger charge is -2.36. The minimum atomic E-state index is -3.36. The summed E-state index contributed by atoms with van der Waals surface area (Å²) in [5.41, 5.74) is 0. The third kappa shape index (κ3) is 3.19. The van der Waals surface area contributed by atoms with E-state index in [2.05, 4.69) is 5.32 Å². The van der Waals surface area contributed by atoms with Crippen LogP contribution in [0.4, 0.5) is 0 Å². The van der Waals surface area contributed by atoms with E-state index in [1.807, 2.05) is 0 Å². The second kappa shape index (κ2) is 5.96. The van der Waals surface area contributed by atoms with Gasteiger partial charge in [0.1, 0.15) is 0 Å². The number of hydrogen-bond acceptors (Lipinski definition) is 4. The van der Waals surface area contributed by atoms with Crippen molar-refractivity contribution < 1.29 is 13.2 Å². The molecule has 1 heterocycles. The van der Waals surface area contributed by atoms with Crippen LogP contribution < -0.4 is 5.32 Å². The van der Waals surface area contributed by atoms with Gasteiger partial charge in [-0.2, -0.15) is 17.0 Å². The summed E-state index contributed by atoms with van der Waals surface area (Å²) >= 11 is 0. The van der Waals surface area contributed by atoms with E-state index in [0.717, 1.165) is 0 Å². The van der Waals surface area contributed by atoms with Crippen molar-refractivity contribution in [2.24, 2.45) is 0 Å². The minimum Gasteiger partial charge on any atom is -0.339 e. The Hall–Kier alpha value is -0.700. The molecule has 18 heavy (non-hydrogen) atoms. The molecule has 1 atom stereocenters. The first-order valence-electron chi connectivity index (χ1n) is 5.94. The van der Waals surface area contributed by atoms with E-state index in [1.165, 1.54) is 22.7 Å². The number of amides is 1. The fraction of sp³-hybridized carbons (Fsp3) is 0.900. The van der Waals surface area contributed by atoms with Crippen LogP contribution in [-0.2, 0) is 15.0 Å².